The van der Waals surface area contributed by atoms with Crippen LogP contribution in [0.1, 0.15) is 23.6 Å². The van der Waals surface area contributed by atoms with E-state index in [9.17, 15) is 12.8 Å². The molecule has 9 heteroatoms. The van der Waals surface area contributed by atoms with Crippen molar-refractivity contribution in [3.05, 3.63) is 88.7 Å². The Morgan fingerprint density at radius 3 is 2.25 bits per heavy atom. The molecule has 6 nitrogen and oxygen atoms in total. The predicted molar refractivity (Wildman–Crippen MR) is 120 cm³/mol. The van der Waals surface area contributed by atoms with Crippen molar-refractivity contribution in [2.45, 2.75) is 17.4 Å². The third-order valence-electron chi connectivity index (χ3n) is 5.20. The third-order valence-corrected chi connectivity index (χ3v) is 7.15. The first-order chi connectivity index (χ1) is 15.3. The molecule has 1 heterocycles. The van der Waals surface area contributed by atoms with E-state index >= 15 is 0 Å². The van der Waals surface area contributed by atoms with Gasteiger partial charge in [-0.15, -0.1) is 0 Å². The molecule has 0 fully saturated rings. The highest BCUT2D eigenvalue weighted by Gasteiger charge is 2.38. The first-order valence-corrected chi connectivity index (χ1v) is 11.5. The minimum atomic E-state index is -3.99. The number of hydrazone groups is 1. The van der Waals surface area contributed by atoms with Crippen molar-refractivity contribution in [1.82, 2.24) is 4.41 Å². The van der Waals surface area contributed by atoms with Gasteiger partial charge in [0, 0.05) is 17.0 Å². The van der Waals surface area contributed by atoms with E-state index in [1.165, 1.54) is 50.6 Å². The zero-order valence-corrected chi connectivity index (χ0v) is 18.9. The first-order valence-electron chi connectivity index (χ1n) is 9.69. The van der Waals surface area contributed by atoms with Crippen molar-refractivity contribution in [3.8, 4) is 11.5 Å². The molecule has 1 aliphatic rings. The molecule has 32 heavy (non-hydrogen) atoms. The average Bonchev–Trinajstić information content (AvgIpc) is 3.26. The monoisotopic (exact) mass is 474 g/mol. The molecular weight excluding hydrogens is 455 g/mol. The highest BCUT2D eigenvalue weighted by atomic mass is 35.5. The lowest BCUT2D eigenvalue weighted by atomic mass is 9.99. The Morgan fingerprint density at radius 1 is 0.969 bits per heavy atom. The van der Waals surface area contributed by atoms with E-state index in [1.54, 1.807) is 30.3 Å². The summed E-state index contributed by atoms with van der Waals surface area (Å²) >= 11 is 5.92. The van der Waals surface area contributed by atoms with Crippen molar-refractivity contribution in [2.75, 3.05) is 14.2 Å². The number of halogens is 2. The third kappa shape index (κ3) is 4.16. The summed E-state index contributed by atoms with van der Waals surface area (Å²) in [5.74, 6) is 0.653. The second-order valence-electron chi connectivity index (χ2n) is 7.12. The second kappa shape index (κ2) is 8.80. The summed E-state index contributed by atoms with van der Waals surface area (Å²) in [5, 5.41) is 4.90. The number of rotatable bonds is 6. The fourth-order valence-electron chi connectivity index (χ4n) is 3.55. The molecule has 3 aromatic rings. The van der Waals surface area contributed by atoms with E-state index in [2.05, 4.69) is 5.10 Å². The van der Waals surface area contributed by atoms with Crippen LogP contribution in [0.3, 0.4) is 0 Å². The quantitative estimate of drug-likeness (QED) is 0.502. The standard InChI is InChI=1S/C23H20ClFN2O4S/c1-30-22-12-5-16(13-23(22)31-2)20-14-21(15-3-8-18(25)9-4-15)27(26-20)32(28,29)19-10-6-17(24)7-11-19/h3-13,21H,14H2,1-2H3. The summed E-state index contributed by atoms with van der Waals surface area (Å²) in [6.45, 7) is 0. The largest absolute Gasteiger partial charge is 0.493 e. The molecule has 0 N–H and O–H groups in total. The average molecular weight is 475 g/mol. The van der Waals surface area contributed by atoms with E-state index in [-0.39, 0.29) is 4.90 Å². The van der Waals surface area contributed by atoms with E-state index in [0.29, 0.717) is 39.8 Å². The lowest BCUT2D eigenvalue weighted by Gasteiger charge is -2.23. The van der Waals surface area contributed by atoms with Gasteiger partial charge in [0.1, 0.15) is 5.82 Å². The Hall–Kier alpha value is -3.10. The smallest absolute Gasteiger partial charge is 0.279 e. The molecule has 0 radical (unpaired) electrons. The van der Waals surface area contributed by atoms with Gasteiger partial charge >= 0.3 is 0 Å². The van der Waals surface area contributed by atoms with Gasteiger partial charge in [-0.2, -0.15) is 17.9 Å². The van der Waals surface area contributed by atoms with Crippen LogP contribution >= 0.6 is 11.6 Å². The SMILES string of the molecule is COc1ccc(C2=NN(S(=O)(=O)c3ccc(Cl)cc3)C(c3ccc(F)cc3)C2)cc1OC. The van der Waals surface area contributed by atoms with Gasteiger partial charge in [-0.05, 0) is 60.2 Å². The predicted octanol–water partition coefficient (Wildman–Crippen LogP) is 5.04. The van der Waals surface area contributed by atoms with Crippen molar-refractivity contribution < 1.29 is 22.3 Å². The molecule has 0 spiro atoms. The Balaban J connectivity index is 1.80. The number of hydrogen-bond acceptors (Lipinski definition) is 5. The van der Waals surface area contributed by atoms with Crippen LogP contribution in [0.25, 0.3) is 0 Å². The van der Waals surface area contributed by atoms with Crippen LogP contribution in [0, 0.1) is 5.82 Å². The summed E-state index contributed by atoms with van der Waals surface area (Å²) in [4.78, 5) is 0.0614. The minimum absolute atomic E-state index is 0.0614. The van der Waals surface area contributed by atoms with Gasteiger partial charge < -0.3 is 9.47 Å². The number of benzene rings is 3. The number of nitrogens with zero attached hydrogens (tertiary/aromatic N) is 2. The summed E-state index contributed by atoms with van der Waals surface area (Å²) in [5.41, 5.74) is 1.88. The zero-order valence-electron chi connectivity index (χ0n) is 17.3. The van der Waals surface area contributed by atoms with Crippen LogP contribution in [0.15, 0.2) is 76.7 Å². The topological polar surface area (TPSA) is 68.2 Å². The Bertz CT molecular complexity index is 1260. The summed E-state index contributed by atoms with van der Waals surface area (Å²) in [6.07, 6.45) is 0.300. The molecule has 1 atom stereocenters. The summed E-state index contributed by atoms with van der Waals surface area (Å²) in [7, 11) is -0.933. The van der Waals surface area contributed by atoms with E-state index in [1.807, 2.05) is 0 Å². The first kappa shape index (κ1) is 22.1. The highest BCUT2D eigenvalue weighted by molar-refractivity contribution is 7.89. The van der Waals surface area contributed by atoms with Crippen molar-refractivity contribution in [3.63, 3.8) is 0 Å². The molecule has 0 bridgehead atoms. The molecule has 0 saturated carbocycles. The van der Waals surface area contributed by atoms with Crippen molar-refractivity contribution >= 4 is 27.3 Å². The summed E-state index contributed by atoms with van der Waals surface area (Å²) in [6, 6.07) is 16.3. The van der Waals surface area contributed by atoms with Gasteiger partial charge in [0.05, 0.1) is 30.9 Å². The normalized spacial score (nSPS) is 16.1. The van der Waals surface area contributed by atoms with Crippen molar-refractivity contribution in [2.24, 2.45) is 5.10 Å². The highest BCUT2D eigenvalue weighted by Crippen LogP contribution is 2.38. The number of methoxy groups -OCH3 is 2. The van der Waals surface area contributed by atoms with Gasteiger partial charge in [-0.25, -0.2) is 4.39 Å². The van der Waals surface area contributed by atoms with E-state index < -0.39 is 21.9 Å². The zero-order chi connectivity index (χ0) is 22.9. The maximum absolute atomic E-state index is 13.5. The maximum atomic E-state index is 13.5. The second-order valence-corrected chi connectivity index (χ2v) is 9.35. The Kier molecular flexibility index (Phi) is 6.08. The van der Waals surface area contributed by atoms with Gasteiger partial charge in [0.2, 0.25) is 0 Å². The lowest BCUT2D eigenvalue weighted by molar-refractivity contribution is 0.355. The van der Waals surface area contributed by atoms with Crippen LogP contribution in [0.5, 0.6) is 11.5 Å². The molecule has 3 aromatic carbocycles. The van der Waals surface area contributed by atoms with E-state index in [0.717, 1.165) is 4.41 Å². The van der Waals surface area contributed by atoms with Crippen LogP contribution in [0.2, 0.25) is 5.02 Å². The van der Waals surface area contributed by atoms with Gasteiger partial charge in [-0.1, -0.05) is 23.7 Å². The number of hydrogen-bond donors (Lipinski definition) is 0. The van der Waals surface area contributed by atoms with Crippen LogP contribution in [0.4, 0.5) is 4.39 Å². The van der Waals surface area contributed by atoms with Crippen LogP contribution in [-0.4, -0.2) is 32.8 Å². The number of ether oxygens (including phenoxy) is 2. The molecular formula is C23H20ClFN2O4S. The molecule has 1 unspecified atom stereocenters. The minimum Gasteiger partial charge on any atom is -0.493 e. The van der Waals surface area contributed by atoms with Crippen LogP contribution in [-0.2, 0) is 10.0 Å². The summed E-state index contributed by atoms with van der Waals surface area (Å²) < 4.78 is 52.1. The molecule has 166 valence electrons. The molecule has 0 aromatic heterocycles. The number of sulfonamides is 1. The molecule has 4 rings (SSSR count). The van der Waals surface area contributed by atoms with Gasteiger partial charge in [0.25, 0.3) is 10.0 Å². The molecule has 0 saturated heterocycles. The van der Waals surface area contributed by atoms with Gasteiger partial charge in [-0.3, -0.25) is 0 Å². The van der Waals surface area contributed by atoms with Crippen molar-refractivity contribution in [1.29, 1.82) is 0 Å². The maximum Gasteiger partial charge on any atom is 0.279 e. The molecule has 0 aliphatic carbocycles. The van der Waals surface area contributed by atoms with E-state index in [4.69, 9.17) is 21.1 Å². The molecule has 0 amide bonds. The molecule has 1 aliphatic heterocycles. The Morgan fingerprint density at radius 2 is 1.62 bits per heavy atom. The fraction of sp³-hybridized carbons (Fsp3) is 0.174. The van der Waals surface area contributed by atoms with Crippen LogP contribution < -0.4 is 9.47 Å². The lowest BCUT2D eigenvalue weighted by Crippen LogP contribution is -2.27. The van der Waals surface area contributed by atoms with Gasteiger partial charge in [0.15, 0.2) is 11.5 Å². The fourth-order valence-corrected chi connectivity index (χ4v) is 5.11. The Labute approximate surface area is 190 Å².